The molecule has 0 aliphatic carbocycles. The first-order chi connectivity index (χ1) is 7.22. The Hall–Kier alpha value is -1.07. The number of rotatable bonds is 5. The van der Waals surface area contributed by atoms with Gasteiger partial charge in [0.15, 0.2) is 0 Å². The molecule has 2 unspecified atom stereocenters. The molecule has 0 aromatic rings. The molecule has 86 valence electrons. The topological polar surface area (TPSA) is 79.2 Å². The van der Waals surface area contributed by atoms with E-state index in [1.54, 1.807) is 0 Å². The summed E-state index contributed by atoms with van der Waals surface area (Å²) in [5.41, 5.74) is 5.76. The van der Waals surface area contributed by atoms with E-state index in [-0.39, 0.29) is 18.2 Å². The van der Waals surface area contributed by atoms with E-state index in [1.165, 1.54) is 0 Å². The molecule has 0 fully saturated rings. The van der Waals surface area contributed by atoms with Gasteiger partial charge in [-0.2, -0.15) is 0 Å². The van der Waals surface area contributed by atoms with Crippen LogP contribution in [0.4, 0.5) is 0 Å². The third kappa shape index (κ3) is 4.80. The highest BCUT2D eigenvalue weighted by Gasteiger charge is 2.11. The summed E-state index contributed by atoms with van der Waals surface area (Å²) in [5.74, 6) is 0.00644. The molecule has 0 saturated heterocycles. The molecule has 0 saturated carbocycles. The summed E-state index contributed by atoms with van der Waals surface area (Å²) in [7, 11) is 0. The van der Waals surface area contributed by atoms with Crippen LogP contribution in [0.15, 0.2) is 12.3 Å². The maximum Gasteiger partial charge on any atom is 0.220 e. The molecule has 5 nitrogen and oxygen atoms in total. The Labute approximate surface area is 90.5 Å². The standard InChI is InChI=1S/C10H20N4O/c1-2-10(15)14-8(11)4-5-9-12-6-3-7-13-9/h3,6,8-9,12-13H,2,4-5,7,11H2,1H3,(H,14,15). The lowest BCUT2D eigenvalue weighted by molar-refractivity contribution is -0.121. The predicted octanol–water partition coefficient (Wildman–Crippen LogP) is -0.390. The quantitative estimate of drug-likeness (QED) is 0.468. The lowest BCUT2D eigenvalue weighted by Gasteiger charge is -2.23. The molecule has 0 bridgehead atoms. The molecule has 15 heavy (non-hydrogen) atoms. The minimum Gasteiger partial charge on any atom is -0.376 e. The SMILES string of the molecule is CCC(=O)NC(N)CCC1NC=CCN1. The first-order valence-corrected chi connectivity index (χ1v) is 5.41. The molecule has 5 heteroatoms. The lowest BCUT2D eigenvalue weighted by Crippen LogP contribution is -2.46. The second-order valence-electron chi connectivity index (χ2n) is 3.63. The summed E-state index contributed by atoms with van der Waals surface area (Å²) in [4.78, 5) is 11.0. The van der Waals surface area contributed by atoms with E-state index in [0.717, 1.165) is 19.4 Å². The van der Waals surface area contributed by atoms with Crippen molar-refractivity contribution in [2.45, 2.75) is 38.5 Å². The number of hydrogen-bond donors (Lipinski definition) is 4. The molecule has 1 heterocycles. The van der Waals surface area contributed by atoms with E-state index < -0.39 is 0 Å². The highest BCUT2D eigenvalue weighted by Crippen LogP contribution is 1.99. The van der Waals surface area contributed by atoms with Crippen molar-refractivity contribution < 1.29 is 4.79 Å². The molecule has 0 spiro atoms. The lowest BCUT2D eigenvalue weighted by atomic mass is 10.2. The number of nitrogens with one attached hydrogen (secondary N) is 3. The Balaban J connectivity index is 2.13. The summed E-state index contributed by atoms with van der Waals surface area (Å²) in [6.07, 6.45) is 6.13. The van der Waals surface area contributed by atoms with Crippen molar-refractivity contribution >= 4 is 5.91 Å². The van der Waals surface area contributed by atoms with Crippen LogP contribution in [0.1, 0.15) is 26.2 Å². The van der Waals surface area contributed by atoms with Crippen molar-refractivity contribution in [3.05, 3.63) is 12.3 Å². The Morgan fingerprint density at radius 3 is 3.13 bits per heavy atom. The molecule has 0 aromatic carbocycles. The van der Waals surface area contributed by atoms with Crippen LogP contribution in [-0.4, -0.2) is 24.8 Å². The fraction of sp³-hybridized carbons (Fsp3) is 0.700. The first kappa shape index (κ1) is 12.0. The zero-order chi connectivity index (χ0) is 11.1. The maximum absolute atomic E-state index is 11.0. The Morgan fingerprint density at radius 1 is 1.73 bits per heavy atom. The van der Waals surface area contributed by atoms with Crippen molar-refractivity contribution in [3.63, 3.8) is 0 Å². The molecule has 0 aromatic heterocycles. The van der Waals surface area contributed by atoms with E-state index in [4.69, 9.17) is 5.73 Å². The van der Waals surface area contributed by atoms with Crippen LogP contribution < -0.4 is 21.7 Å². The molecule has 1 amide bonds. The summed E-state index contributed by atoms with van der Waals surface area (Å²) >= 11 is 0. The molecule has 0 radical (unpaired) electrons. The van der Waals surface area contributed by atoms with Gasteiger partial charge in [-0.05, 0) is 19.0 Å². The van der Waals surface area contributed by atoms with Crippen molar-refractivity contribution in [2.75, 3.05) is 6.54 Å². The Morgan fingerprint density at radius 2 is 2.53 bits per heavy atom. The normalized spacial score (nSPS) is 21.9. The van der Waals surface area contributed by atoms with Crippen LogP contribution in [0.25, 0.3) is 0 Å². The van der Waals surface area contributed by atoms with Gasteiger partial charge in [-0.3, -0.25) is 10.1 Å². The van der Waals surface area contributed by atoms with Gasteiger partial charge in [0.05, 0.1) is 12.3 Å². The van der Waals surface area contributed by atoms with Crippen molar-refractivity contribution in [1.82, 2.24) is 16.0 Å². The van der Waals surface area contributed by atoms with Crippen LogP contribution in [0.2, 0.25) is 0 Å². The highest BCUT2D eigenvalue weighted by atomic mass is 16.1. The smallest absolute Gasteiger partial charge is 0.220 e. The Kier molecular flexibility index (Phi) is 5.14. The zero-order valence-corrected chi connectivity index (χ0v) is 9.12. The first-order valence-electron chi connectivity index (χ1n) is 5.41. The summed E-state index contributed by atoms with van der Waals surface area (Å²) < 4.78 is 0. The average molecular weight is 212 g/mol. The van der Waals surface area contributed by atoms with Gasteiger partial charge >= 0.3 is 0 Å². The minimum absolute atomic E-state index is 0.00644. The largest absolute Gasteiger partial charge is 0.376 e. The van der Waals surface area contributed by atoms with E-state index in [9.17, 15) is 4.79 Å². The van der Waals surface area contributed by atoms with Gasteiger partial charge in [-0.25, -0.2) is 0 Å². The van der Waals surface area contributed by atoms with E-state index >= 15 is 0 Å². The van der Waals surface area contributed by atoms with Gasteiger partial charge in [-0.15, -0.1) is 0 Å². The van der Waals surface area contributed by atoms with Crippen LogP contribution in [0.5, 0.6) is 0 Å². The van der Waals surface area contributed by atoms with Crippen molar-refractivity contribution in [1.29, 1.82) is 0 Å². The van der Waals surface area contributed by atoms with Gasteiger partial charge < -0.3 is 16.4 Å². The fourth-order valence-corrected chi connectivity index (χ4v) is 1.42. The van der Waals surface area contributed by atoms with Crippen molar-refractivity contribution in [2.24, 2.45) is 5.73 Å². The number of hydrogen-bond acceptors (Lipinski definition) is 4. The van der Waals surface area contributed by atoms with Crippen molar-refractivity contribution in [3.8, 4) is 0 Å². The van der Waals surface area contributed by atoms with Crippen LogP contribution in [0.3, 0.4) is 0 Å². The second-order valence-corrected chi connectivity index (χ2v) is 3.63. The minimum atomic E-state index is -0.244. The van der Waals surface area contributed by atoms with E-state index in [0.29, 0.717) is 6.42 Å². The third-order valence-corrected chi connectivity index (χ3v) is 2.33. The van der Waals surface area contributed by atoms with Crippen LogP contribution >= 0.6 is 0 Å². The molecule has 5 N–H and O–H groups in total. The average Bonchev–Trinajstić information content (AvgIpc) is 2.27. The molecule has 2 atom stereocenters. The molecular formula is C10H20N4O. The van der Waals surface area contributed by atoms with Gasteiger partial charge in [0.25, 0.3) is 0 Å². The second kappa shape index (κ2) is 6.42. The molecule has 1 rings (SSSR count). The summed E-state index contributed by atoms with van der Waals surface area (Å²) in [5, 5.41) is 9.19. The third-order valence-electron chi connectivity index (χ3n) is 2.33. The summed E-state index contributed by atoms with van der Waals surface area (Å²) in [6.45, 7) is 2.70. The molecule has 1 aliphatic heterocycles. The highest BCUT2D eigenvalue weighted by molar-refractivity contribution is 5.75. The maximum atomic E-state index is 11.0. The predicted molar refractivity (Wildman–Crippen MR) is 59.7 cm³/mol. The van der Waals surface area contributed by atoms with E-state index in [2.05, 4.69) is 16.0 Å². The van der Waals surface area contributed by atoms with Gasteiger partial charge in [0, 0.05) is 13.0 Å². The van der Waals surface area contributed by atoms with Gasteiger partial charge in [0.2, 0.25) is 5.91 Å². The van der Waals surface area contributed by atoms with Crippen LogP contribution in [0, 0.1) is 0 Å². The molecule has 1 aliphatic rings. The summed E-state index contributed by atoms with van der Waals surface area (Å²) in [6, 6.07) is 0. The zero-order valence-electron chi connectivity index (χ0n) is 9.12. The van der Waals surface area contributed by atoms with E-state index in [1.807, 2.05) is 19.2 Å². The molecular weight excluding hydrogens is 192 g/mol. The Bertz CT molecular complexity index is 229. The van der Waals surface area contributed by atoms with Crippen LogP contribution in [-0.2, 0) is 4.79 Å². The van der Waals surface area contributed by atoms with Gasteiger partial charge in [-0.1, -0.05) is 13.0 Å². The van der Waals surface area contributed by atoms with Gasteiger partial charge in [0.1, 0.15) is 0 Å². The number of nitrogens with two attached hydrogens (primary N) is 1. The number of amides is 1. The number of carbonyl (C=O) groups is 1. The number of carbonyl (C=O) groups excluding carboxylic acids is 1. The fourth-order valence-electron chi connectivity index (χ4n) is 1.42. The monoisotopic (exact) mass is 212 g/mol.